The van der Waals surface area contributed by atoms with E-state index in [0.717, 1.165) is 12.8 Å². The molecule has 2 heteroatoms. The first-order valence-electron chi connectivity index (χ1n) is 5.39. The number of aryl methyl sites for hydroxylation is 2. The lowest BCUT2D eigenvalue weighted by atomic mass is 9.95. The molecule has 0 N–H and O–H groups in total. The van der Waals surface area contributed by atoms with Gasteiger partial charge in [-0.1, -0.05) is 17.7 Å². The van der Waals surface area contributed by atoms with Gasteiger partial charge in [-0.05, 0) is 25.0 Å². The van der Waals surface area contributed by atoms with Crippen LogP contribution in [0.5, 0.6) is 0 Å². The Labute approximate surface area is 90.9 Å². The van der Waals surface area contributed by atoms with Gasteiger partial charge in [-0.25, -0.2) is 0 Å². The summed E-state index contributed by atoms with van der Waals surface area (Å²) in [6.45, 7) is 5.23. The van der Waals surface area contributed by atoms with Crippen LogP contribution in [0.15, 0.2) is 12.1 Å². The number of hydrogen-bond acceptors (Lipinski definition) is 2. The van der Waals surface area contributed by atoms with E-state index in [1.165, 1.54) is 22.4 Å². The van der Waals surface area contributed by atoms with Crippen molar-refractivity contribution in [2.24, 2.45) is 0 Å². The van der Waals surface area contributed by atoms with Gasteiger partial charge >= 0.3 is 0 Å². The van der Waals surface area contributed by atoms with Crippen LogP contribution in [-0.4, -0.2) is 19.9 Å². The molecule has 1 aliphatic heterocycles. The summed E-state index contributed by atoms with van der Waals surface area (Å²) in [5.41, 5.74) is 5.29. The first-order valence-corrected chi connectivity index (χ1v) is 5.39. The van der Waals surface area contributed by atoms with Crippen molar-refractivity contribution in [2.75, 3.05) is 18.5 Å². The third-order valence-corrected chi connectivity index (χ3v) is 3.17. The molecule has 1 unspecified atom stereocenters. The molecule has 0 saturated carbocycles. The fraction of sp³-hybridized carbons (Fsp3) is 0.462. The molecule has 0 aliphatic carbocycles. The summed E-state index contributed by atoms with van der Waals surface area (Å²) in [5, 5.41) is 0. The molecule has 0 saturated heterocycles. The molecule has 0 bridgehead atoms. The summed E-state index contributed by atoms with van der Waals surface area (Å²) in [5.74, 6) is 0.390. The first-order chi connectivity index (χ1) is 7.13. The van der Waals surface area contributed by atoms with Gasteiger partial charge in [0.25, 0.3) is 0 Å². The number of carbonyl (C=O) groups excluding carboxylic acids is 1. The monoisotopic (exact) mass is 203 g/mol. The molecule has 1 aromatic rings. The van der Waals surface area contributed by atoms with Gasteiger partial charge in [0.2, 0.25) is 0 Å². The van der Waals surface area contributed by atoms with Crippen molar-refractivity contribution in [1.82, 2.24) is 0 Å². The lowest BCUT2D eigenvalue weighted by Gasteiger charge is -2.14. The van der Waals surface area contributed by atoms with E-state index in [0.29, 0.717) is 12.3 Å². The van der Waals surface area contributed by atoms with E-state index in [1.54, 1.807) is 0 Å². The largest absolute Gasteiger partial charge is 0.374 e. The Balaban J connectivity index is 2.49. The summed E-state index contributed by atoms with van der Waals surface area (Å²) in [6, 6.07) is 4.43. The van der Waals surface area contributed by atoms with Gasteiger partial charge in [-0.3, -0.25) is 0 Å². The second kappa shape index (κ2) is 3.69. The number of hydrogen-bond donors (Lipinski definition) is 0. The highest BCUT2D eigenvalue weighted by Gasteiger charge is 2.27. The van der Waals surface area contributed by atoms with Crippen LogP contribution in [0.3, 0.4) is 0 Å². The maximum Gasteiger partial charge on any atom is 0.120 e. The van der Waals surface area contributed by atoms with Crippen molar-refractivity contribution in [3.8, 4) is 0 Å². The molecule has 15 heavy (non-hydrogen) atoms. The van der Waals surface area contributed by atoms with Gasteiger partial charge in [-0.15, -0.1) is 0 Å². The molecule has 1 atom stereocenters. The maximum atomic E-state index is 10.6. The predicted octanol–water partition coefficient (Wildman–Crippen LogP) is 2.43. The van der Waals surface area contributed by atoms with E-state index in [4.69, 9.17) is 0 Å². The third-order valence-electron chi connectivity index (χ3n) is 3.17. The molecule has 0 amide bonds. The predicted molar refractivity (Wildman–Crippen MR) is 62.6 cm³/mol. The molecular formula is C13H17NO. The smallest absolute Gasteiger partial charge is 0.120 e. The Hall–Kier alpha value is -1.31. The summed E-state index contributed by atoms with van der Waals surface area (Å²) >= 11 is 0. The van der Waals surface area contributed by atoms with Crippen LogP contribution in [0.25, 0.3) is 0 Å². The summed E-state index contributed by atoms with van der Waals surface area (Å²) < 4.78 is 0. The molecular weight excluding hydrogens is 186 g/mol. The number of nitrogens with zero attached hydrogens (tertiary/aromatic N) is 1. The SMILES string of the molecule is Cc1cc(C)c2c(c1)C(CC=O)CN2C. The van der Waals surface area contributed by atoms with Crippen LogP contribution in [0.1, 0.15) is 29.0 Å². The maximum absolute atomic E-state index is 10.6. The molecule has 0 aromatic heterocycles. The van der Waals surface area contributed by atoms with Gasteiger partial charge in [0, 0.05) is 31.6 Å². The minimum absolute atomic E-state index is 0.390. The molecule has 0 radical (unpaired) electrons. The van der Waals surface area contributed by atoms with Gasteiger partial charge < -0.3 is 9.69 Å². The standard InChI is InChI=1S/C13H17NO/c1-9-6-10(2)13-12(7-9)11(4-5-15)8-14(13)3/h5-7,11H,4,8H2,1-3H3. The lowest BCUT2D eigenvalue weighted by molar-refractivity contribution is -0.108. The third kappa shape index (κ3) is 1.65. The topological polar surface area (TPSA) is 20.3 Å². The van der Waals surface area contributed by atoms with Crippen molar-refractivity contribution in [2.45, 2.75) is 26.2 Å². The summed E-state index contributed by atoms with van der Waals surface area (Å²) in [4.78, 5) is 12.9. The van der Waals surface area contributed by atoms with E-state index < -0.39 is 0 Å². The van der Waals surface area contributed by atoms with Crippen LogP contribution < -0.4 is 4.90 Å². The lowest BCUT2D eigenvalue weighted by Crippen LogP contribution is -2.16. The Morgan fingerprint density at radius 3 is 2.87 bits per heavy atom. The Morgan fingerprint density at radius 1 is 1.47 bits per heavy atom. The molecule has 80 valence electrons. The van der Waals surface area contributed by atoms with Gasteiger partial charge in [-0.2, -0.15) is 0 Å². The highest BCUT2D eigenvalue weighted by atomic mass is 16.1. The van der Waals surface area contributed by atoms with Crippen molar-refractivity contribution in [3.63, 3.8) is 0 Å². The van der Waals surface area contributed by atoms with Crippen molar-refractivity contribution >= 4 is 12.0 Å². The highest BCUT2D eigenvalue weighted by Crippen LogP contribution is 2.39. The Morgan fingerprint density at radius 2 is 2.20 bits per heavy atom. The van der Waals surface area contributed by atoms with E-state index >= 15 is 0 Å². The molecule has 1 aromatic carbocycles. The fourth-order valence-electron chi connectivity index (χ4n) is 2.66. The van der Waals surface area contributed by atoms with Gasteiger partial charge in [0.1, 0.15) is 6.29 Å². The van der Waals surface area contributed by atoms with E-state index in [1.807, 2.05) is 0 Å². The zero-order valence-corrected chi connectivity index (χ0v) is 9.58. The van der Waals surface area contributed by atoms with Crippen molar-refractivity contribution in [1.29, 1.82) is 0 Å². The second-order valence-corrected chi connectivity index (χ2v) is 4.50. The number of rotatable bonds is 2. The number of anilines is 1. The van der Waals surface area contributed by atoms with Crippen molar-refractivity contribution in [3.05, 3.63) is 28.8 Å². The summed E-state index contributed by atoms with van der Waals surface area (Å²) in [7, 11) is 2.10. The number of fused-ring (bicyclic) bond motifs is 1. The fourth-order valence-corrected chi connectivity index (χ4v) is 2.66. The van der Waals surface area contributed by atoms with E-state index in [-0.39, 0.29) is 0 Å². The molecule has 1 heterocycles. The highest BCUT2D eigenvalue weighted by molar-refractivity contribution is 5.67. The zero-order chi connectivity index (χ0) is 11.0. The van der Waals surface area contributed by atoms with Crippen LogP contribution in [0, 0.1) is 13.8 Å². The molecule has 2 rings (SSSR count). The Bertz CT molecular complexity index is 398. The van der Waals surface area contributed by atoms with Crippen LogP contribution in [0.2, 0.25) is 0 Å². The average molecular weight is 203 g/mol. The van der Waals surface area contributed by atoms with Crippen LogP contribution in [0.4, 0.5) is 5.69 Å². The number of likely N-dealkylation sites (N-methyl/N-ethyl adjacent to an activating group) is 1. The molecule has 0 fully saturated rings. The second-order valence-electron chi connectivity index (χ2n) is 4.50. The average Bonchev–Trinajstić information content (AvgIpc) is 2.43. The number of carbonyl (C=O) groups is 1. The molecule has 2 nitrogen and oxygen atoms in total. The number of aldehydes is 1. The van der Waals surface area contributed by atoms with Crippen LogP contribution >= 0.6 is 0 Å². The Kier molecular flexibility index (Phi) is 2.51. The quantitative estimate of drug-likeness (QED) is 0.688. The zero-order valence-electron chi connectivity index (χ0n) is 9.58. The minimum atomic E-state index is 0.390. The summed E-state index contributed by atoms with van der Waals surface area (Å²) in [6.07, 6.45) is 1.67. The first kappa shape index (κ1) is 10.2. The molecule has 1 aliphatic rings. The van der Waals surface area contributed by atoms with E-state index in [2.05, 4.69) is 37.9 Å². The normalized spacial score (nSPS) is 19.1. The van der Waals surface area contributed by atoms with Crippen molar-refractivity contribution < 1.29 is 4.79 Å². The van der Waals surface area contributed by atoms with Gasteiger partial charge in [0.05, 0.1) is 0 Å². The van der Waals surface area contributed by atoms with Crippen LogP contribution in [-0.2, 0) is 4.79 Å². The molecule has 0 spiro atoms. The number of benzene rings is 1. The van der Waals surface area contributed by atoms with Gasteiger partial charge in [0.15, 0.2) is 0 Å². The minimum Gasteiger partial charge on any atom is -0.374 e. The van der Waals surface area contributed by atoms with E-state index in [9.17, 15) is 4.79 Å².